The summed E-state index contributed by atoms with van der Waals surface area (Å²) >= 11 is 0. The molecule has 0 saturated carbocycles. The first-order valence-electron chi connectivity index (χ1n) is 4.68. The fourth-order valence-corrected chi connectivity index (χ4v) is 1.18. The Labute approximate surface area is 92.1 Å². The van der Waals surface area contributed by atoms with E-state index in [0.29, 0.717) is 0 Å². The van der Waals surface area contributed by atoms with Gasteiger partial charge in [-0.25, -0.2) is 9.78 Å². The summed E-state index contributed by atoms with van der Waals surface area (Å²) in [5.74, 6) is -0.549. The highest BCUT2D eigenvalue weighted by Gasteiger charge is 2.11. The zero-order chi connectivity index (χ0) is 11.4. The minimum Gasteiger partial charge on any atom is -0.504 e. The van der Waals surface area contributed by atoms with Crippen molar-refractivity contribution in [1.82, 2.24) is 4.98 Å². The predicted octanol–water partition coefficient (Wildman–Crippen LogP) is 2.01. The number of ether oxygens (including phenoxy) is 1. The van der Waals surface area contributed by atoms with E-state index in [1.165, 1.54) is 18.3 Å². The first-order chi connectivity index (χ1) is 7.77. The first kappa shape index (κ1) is 10.2. The molecule has 1 aromatic carbocycles. The third kappa shape index (κ3) is 2.17. The van der Waals surface area contributed by atoms with Crippen molar-refractivity contribution >= 4 is 5.97 Å². The van der Waals surface area contributed by atoms with Crippen LogP contribution in [0.15, 0.2) is 48.7 Å². The summed E-state index contributed by atoms with van der Waals surface area (Å²) in [6, 6.07) is 11.2. The van der Waals surface area contributed by atoms with Crippen LogP contribution in [-0.4, -0.2) is 16.1 Å². The van der Waals surface area contributed by atoms with Gasteiger partial charge in [0, 0.05) is 6.20 Å². The van der Waals surface area contributed by atoms with E-state index in [2.05, 4.69) is 4.98 Å². The van der Waals surface area contributed by atoms with Gasteiger partial charge < -0.3 is 9.84 Å². The Balaban J connectivity index is 2.18. The Kier molecular flexibility index (Phi) is 2.82. The van der Waals surface area contributed by atoms with E-state index in [9.17, 15) is 9.90 Å². The molecule has 0 fully saturated rings. The van der Waals surface area contributed by atoms with Gasteiger partial charge in [0.05, 0.1) is 0 Å². The molecular weight excluding hydrogens is 206 g/mol. The van der Waals surface area contributed by atoms with Gasteiger partial charge in [-0.1, -0.05) is 18.2 Å². The predicted molar refractivity (Wildman–Crippen MR) is 57.3 cm³/mol. The van der Waals surface area contributed by atoms with E-state index in [0.717, 1.165) is 0 Å². The van der Waals surface area contributed by atoms with Gasteiger partial charge in [-0.2, -0.15) is 0 Å². The molecule has 1 aromatic heterocycles. The molecule has 4 nitrogen and oxygen atoms in total. The van der Waals surface area contributed by atoms with Crippen LogP contribution in [0.2, 0.25) is 0 Å². The van der Waals surface area contributed by atoms with E-state index in [1.807, 2.05) is 0 Å². The van der Waals surface area contributed by atoms with Crippen molar-refractivity contribution in [3.05, 3.63) is 54.4 Å². The standard InChI is InChI=1S/C12H9NO3/c14-10-6-1-2-7-11(10)16-12(15)9-5-3-4-8-13-9/h1-8,14H. The van der Waals surface area contributed by atoms with Gasteiger partial charge in [0.2, 0.25) is 0 Å². The molecule has 0 amide bonds. The summed E-state index contributed by atoms with van der Waals surface area (Å²) in [7, 11) is 0. The lowest BCUT2D eigenvalue weighted by molar-refractivity contribution is 0.0723. The van der Waals surface area contributed by atoms with Gasteiger partial charge in [-0.15, -0.1) is 0 Å². The lowest BCUT2D eigenvalue weighted by atomic mass is 10.3. The van der Waals surface area contributed by atoms with Crippen LogP contribution in [0.3, 0.4) is 0 Å². The number of nitrogens with zero attached hydrogens (tertiary/aromatic N) is 1. The molecule has 2 aromatic rings. The summed E-state index contributed by atoms with van der Waals surface area (Å²) in [6.07, 6.45) is 1.50. The molecule has 4 heteroatoms. The number of benzene rings is 1. The average Bonchev–Trinajstić information content (AvgIpc) is 2.33. The summed E-state index contributed by atoms with van der Waals surface area (Å²) in [5.41, 5.74) is 0.200. The smallest absolute Gasteiger partial charge is 0.362 e. The maximum Gasteiger partial charge on any atom is 0.362 e. The van der Waals surface area contributed by atoms with E-state index < -0.39 is 5.97 Å². The summed E-state index contributed by atoms with van der Waals surface area (Å²) in [5, 5.41) is 9.41. The molecule has 0 saturated heterocycles. The molecule has 0 aliphatic carbocycles. The topological polar surface area (TPSA) is 59.4 Å². The van der Waals surface area contributed by atoms with E-state index in [4.69, 9.17) is 4.74 Å². The van der Waals surface area contributed by atoms with Crippen molar-refractivity contribution in [3.8, 4) is 11.5 Å². The van der Waals surface area contributed by atoms with Crippen LogP contribution in [0.1, 0.15) is 10.5 Å². The van der Waals surface area contributed by atoms with Crippen molar-refractivity contribution < 1.29 is 14.6 Å². The zero-order valence-corrected chi connectivity index (χ0v) is 8.33. The number of phenolic OH excluding ortho intramolecular Hbond substituents is 1. The lowest BCUT2D eigenvalue weighted by Crippen LogP contribution is -2.10. The number of para-hydroxylation sites is 2. The molecule has 0 atom stereocenters. The molecule has 2 rings (SSSR count). The minimum atomic E-state index is -0.595. The maximum atomic E-state index is 11.6. The van der Waals surface area contributed by atoms with Crippen LogP contribution in [0.5, 0.6) is 11.5 Å². The number of carbonyl (C=O) groups excluding carboxylic acids is 1. The Morgan fingerprint density at radius 2 is 1.88 bits per heavy atom. The highest BCUT2D eigenvalue weighted by Crippen LogP contribution is 2.24. The van der Waals surface area contributed by atoms with E-state index in [-0.39, 0.29) is 17.2 Å². The number of carbonyl (C=O) groups is 1. The highest BCUT2D eigenvalue weighted by molar-refractivity contribution is 5.89. The second-order valence-corrected chi connectivity index (χ2v) is 3.07. The van der Waals surface area contributed by atoms with Crippen LogP contribution in [0.4, 0.5) is 0 Å². The fourth-order valence-electron chi connectivity index (χ4n) is 1.18. The number of aromatic hydroxyl groups is 1. The molecule has 0 aliphatic rings. The number of rotatable bonds is 2. The van der Waals surface area contributed by atoms with Crippen LogP contribution >= 0.6 is 0 Å². The van der Waals surface area contributed by atoms with Crippen LogP contribution < -0.4 is 4.74 Å². The van der Waals surface area contributed by atoms with Crippen LogP contribution in [0.25, 0.3) is 0 Å². The molecule has 0 bridgehead atoms. The highest BCUT2D eigenvalue weighted by atomic mass is 16.5. The van der Waals surface area contributed by atoms with Crippen molar-refractivity contribution in [3.63, 3.8) is 0 Å². The molecule has 1 N–H and O–H groups in total. The van der Waals surface area contributed by atoms with Gasteiger partial charge in [-0.05, 0) is 24.3 Å². The number of hydrogen-bond acceptors (Lipinski definition) is 4. The van der Waals surface area contributed by atoms with Crippen LogP contribution in [0, 0.1) is 0 Å². The molecule has 1 heterocycles. The zero-order valence-electron chi connectivity index (χ0n) is 8.33. The largest absolute Gasteiger partial charge is 0.504 e. The molecule has 0 unspecified atom stereocenters. The monoisotopic (exact) mass is 215 g/mol. The molecular formula is C12H9NO3. The number of aromatic nitrogens is 1. The molecule has 16 heavy (non-hydrogen) atoms. The number of pyridine rings is 1. The van der Waals surface area contributed by atoms with E-state index in [1.54, 1.807) is 30.3 Å². The van der Waals surface area contributed by atoms with E-state index >= 15 is 0 Å². The Bertz CT molecular complexity index is 497. The van der Waals surface area contributed by atoms with Gasteiger partial charge in [0.25, 0.3) is 0 Å². The van der Waals surface area contributed by atoms with Crippen LogP contribution in [-0.2, 0) is 0 Å². The van der Waals surface area contributed by atoms with Crippen molar-refractivity contribution in [2.75, 3.05) is 0 Å². The third-order valence-corrected chi connectivity index (χ3v) is 1.94. The van der Waals surface area contributed by atoms with Crippen molar-refractivity contribution in [2.24, 2.45) is 0 Å². The SMILES string of the molecule is O=C(Oc1ccccc1O)c1ccccn1. The summed E-state index contributed by atoms with van der Waals surface area (Å²) < 4.78 is 4.98. The minimum absolute atomic E-state index is 0.0771. The number of hydrogen-bond donors (Lipinski definition) is 1. The van der Waals surface area contributed by atoms with Gasteiger partial charge >= 0.3 is 5.97 Å². The molecule has 80 valence electrons. The van der Waals surface area contributed by atoms with Gasteiger partial charge in [0.1, 0.15) is 5.69 Å². The Morgan fingerprint density at radius 1 is 1.12 bits per heavy atom. The second-order valence-electron chi connectivity index (χ2n) is 3.07. The Morgan fingerprint density at radius 3 is 2.56 bits per heavy atom. The van der Waals surface area contributed by atoms with Crippen molar-refractivity contribution in [2.45, 2.75) is 0 Å². The Hall–Kier alpha value is -2.36. The summed E-state index contributed by atoms with van der Waals surface area (Å²) in [4.78, 5) is 15.4. The molecule has 0 spiro atoms. The fraction of sp³-hybridized carbons (Fsp3) is 0. The quantitative estimate of drug-likeness (QED) is 0.615. The molecule has 0 aliphatic heterocycles. The molecule has 0 radical (unpaired) electrons. The summed E-state index contributed by atoms with van der Waals surface area (Å²) in [6.45, 7) is 0. The first-order valence-corrected chi connectivity index (χ1v) is 4.68. The number of phenols is 1. The number of esters is 1. The normalized spacial score (nSPS) is 9.75. The van der Waals surface area contributed by atoms with Gasteiger partial charge in [-0.3, -0.25) is 0 Å². The third-order valence-electron chi connectivity index (χ3n) is 1.94. The average molecular weight is 215 g/mol. The van der Waals surface area contributed by atoms with Crippen molar-refractivity contribution in [1.29, 1.82) is 0 Å². The lowest BCUT2D eigenvalue weighted by Gasteiger charge is -2.04. The maximum absolute atomic E-state index is 11.6. The second kappa shape index (κ2) is 4.44. The van der Waals surface area contributed by atoms with Gasteiger partial charge in [0.15, 0.2) is 11.5 Å².